The quantitative estimate of drug-likeness (QED) is 0.800. The fourth-order valence-corrected chi connectivity index (χ4v) is 6.27. The van der Waals surface area contributed by atoms with Gasteiger partial charge in [-0.2, -0.15) is 0 Å². The Kier molecular flexibility index (Phi) is 5.32. The number of aliphatic hydroxyl groups is 1. The molecule has 2 bridgehead atoms. The van der Waals surface area contributed by atoms with E-state index in [0.717, 1.165) is 49.5 Å². The van der Waals surface area contributed by atoms with Gasteiger partial charge < -0.3 is 9.84 Å². The number of likely N-dealkylation sites (tertiary alicyclic amines) is 1. The number of rotatable bonds is 5. The van der Waals surface area contributed by atoms with Crippen molar-refractivity contribution in [3.8, 4) is 5.75 Å². The maximum atomic E-state index is 11.9. The van der Waals surface area contributed by atoms with Crippen molar-refractivity contribution in [3.05, 3.63) is 58.4 Å². The van der Waals surface area contributed by atoms with E-state index >= 15 is 0 Å². The van der Waals surface area contributed by atoms with Crippen molar-refractivity contribution in [2.24, 2.45) is 11.8 Å². The van der Waals surface area contributed by atoms with Gasteiger partial charge in [0.15, 0.2) is 0 Å². The average molecular weight is 407 g/mol. The minimum absolute atomic E-state index is 0.239. The number of pyridine rings is 1. The third kappa shape index (κ3) is 3.34. The van der Waals surface area contributed by atoms with E-state index in [4.69, 9.17) is 4.74 Å². The van der Waals surface area contributed by atoms with Gasteiger partial charge in [0.25, 0.3) is 0 Å². The molecule has 160 valence electrons. The minimum Gasteiger partial charge on any atom is -0.494 e. The van der Waals surface area contributed by atoms with Gasteiger partial charge in [-0.1, -0.05) is 18.6 Å². The molecule has 2 aromatic rings. The summed E-state index contributed by atoms with van der Waals surface area (Å²) in [5, 5.41) is 11.9. The van der Waals surface area contributed by atoms with Gasteiger partial charge in [-0.05, 0) is 74.8 Å². The first kappa shape index (κ1) is 20.0. The lowest BCUT2D eigenvalue weighted by Gasteiger charge is -2.53. The van der Waals surface area contributed by atoms with Crippen LogP contribution >= 0.6 is 0 Å². The van der Waals surface area contributed by atoms with E-state index in [1.54, 1.807) is 0 Å². The maximum absolute atomic E-state index is 11.9. The molecule has 2 fully saturated rings. The number of hydrogen-bond donors (Lipinski definition) is 1. The molecule has 0 unspecified atom stereocenters. The first-order valence-electron chi connectivity index (χ1n) is 11.7. The van der Waals surface area contributed by atoms with Crippen molar-refractivity contribution in [2.75, 3.05) is 19.7 Å². The van der Waals surface area contributed by atoms with Gasteiger partial charge >= 0.3 is 0 Å². The van der Waals surface area contributed by atoms with E-state index in [2.05, 4.69) is 41.9 Å². The predicted molar refractivity (Wildman–Crippen MR) is 119 cm³/mol. The summed E-state index contributed by atoms with van der Waals surface area (Å²) in [6.07, 6.45) is 8.82. The van der Waals surface area contributed by atoms with Crippen LogP contribution in [0.2, 0.25) is 0 Å². The molecular formula is C26H34N2O2. The molecule has 30 heavy (non-hydrogen) atoms. The molecule has 0 radical (unpaired) electrons. The van der Waals surface area contributed by atoms with Crippen LogP contribution in [0.5, 0.6) is 5.75 Å². The molecule has 0 spiro atoms. The van der Waals surface area contributed by atoms with Gasteiger partial charge in [0.05, 0.1) is 12.3 Å². The van der Waals surface area contributed by atoms with Gasteiger partial charge in [0.2, 0.25) is 0 Å². The zero-order chi connectivity index (χ0) is 20.7. The minimum atomic E-state index is -0.791. The molecule has 0 amide bonds. The van der Waals surface area contributed by atoms with Crippen molar-refractivity contribution in [1.82, 2.24) is 9.88 Å². The Morgan fingerprint density at radius 3 is 2.57 bits per heavy atom. The normalized spacial score (nSPS) is 28.4. The third-order valence-electron chi connectivity index (χ3n) is 7.66. The van der Waals surface area contributed by atoms with Crippen molar-refractivity contribution in [1.29, 1.82) is 0 Å². The van der Waals surface area contributed by atoms with Crippen molar-refractivity contribution in [3.63, 3.8) is 0 Å². The Morgan fingerprint density at radius 2 is 1.87 bits per heavy atom. The van der Waals surface area contributed by atoms with Crippen LogP contribution < -0.4 is 4.74 Å². The summed E-state index contributed by atoms with van der Waals surface area (Å²) < 4.78 is 6.04. The predicted octanol–water partition coefficient (Wildman–Crippen LogP) is 4.40. The highest BCUT2D eigenvalue weighted by Gasteiger charge is 2.52. The Bertz CT molecular complexity index is 911. The molecule has 1 saturated carbocycles. The third-order valence-corrected chi connectivity index (χ3v) is 7.66. The number of aromatic nitrogens is 1. The fraction of sp³-hybridized carbons (Fsp3) is 0.577. The van der Waals surface area contributed by atoms with E-state index in [-0.39, 0.29) is 11.8 Å². The number of piperidine rings is 1. The van der Waals surface area contributed by atoms with Crippen LogP contribution in [0.3, 0.4) is 0 Å². The average Bonchev–Trinajstić information content (AvgIpc) is 3.17. The summed E-state index contributed by atoms with van der Waals surface area (Å²) in [6.45, 7) is 7.61. The van der Waals surface area contributed by atoms with E-state index in [9.17, 15) is 5.11 Å². The molecule has 1 saturated heterocycles. The topological polar surface area (TPSA) is 45.6 Å². The summed E-state index contributed by atoms with van der Waals surface area (Å²) >= 11 is 0. The Balaban J connectivity index is 1.41. The van der Waals surface area contributed by atoms with Gasteiger partial charge in [-0.25, -0.2) is 0 Å². The smallest absolute Gasteiger partial charge is 0.124 e. The molecule has 2 aliphatic carbocycles. The highest BCUT2D eigenvalue weighted by molar-refractivity contribution is 5.45. The molecule has 4 nitrogen and oxygen atoms in total. The lowest BCUT2D eigenvalue weighted by molar-refractivity contribution is -0.151. The van der Waals surface area contributed by atoms with Gasteiger partial charge in [-0.3, -0.25) is 9.88 Å². The number of aryl methyl sites for hydroxylation is 3. The second-order valence-electron chi connectivity index (χ2n) is 9.53. The molecule has 1 aromatic heterocycles. The Labute approximate surface area is 180 Å². The molecule has 2 atom stereocenters. The Hall–Kier alpha value is -1.91. The molecular weight excluding hydrogens is 372 g/mol. The van der Waals surface area contributed by atoms with Crippen LogP contribution in [0.25, 0.3) is 0 Å². The molecule has 2 heterocycles. The molecule has 3 aliphatic rings. The van der Waals surface area contributed by atoms with Crippen LogP contribution in [-0.4, -0.2) is 34.7 Å². The lowest BCUT2D eigenvalue weighted by atomic mass is 9.63. The van der Waals surface area contributed by atoms with E-state index in [1.807, 2.05) is 12.3 Å². The second-order valence-corrected chi connectivity index (χ2v) is 9.53. The van der Waals surface area contributed by atoms with Crippen LogP contribution in [0.1, 0.15) is 60.6 Å². The highest BCUT2D eigenvalue weighted by atomic mass is 16.5. The van der Waals surface area contributed by atoms with Crippen LogP contribution in [0, 0.1) is 18.8 Å². The molecule has 1 N–H and O–H groups in total. The zero-order valence-electron chi connectivity index (χ0n) is 18.4. The van der Waals surface area contributed by atoms with Gasteiger partial charge in [0, 0.05) is 43.2 Å². The second kappa shape index (κ2) is 7.97. The van der Waals surface area contributed by atoms with Crippen LogP contribution in [0.15, 0.2) is 30.5 Å². The summed E-state index contributed by atoms with van der Waals surface area (Å²) in [5.74, 6) is 1.54. The van der Waals surface area contributed by atoms with Crippen molar-refractivity contribution in [2.45, 2.75) is 64.5 Å². The fourth-order valence-electron chi connectivity index (χ4n) is 6.27. The summed E-state index contributed by atoms with van der Waals surface area (Å²) in [7, 11) is 0. The molecule has 1 aromatic carbocycles. The number of benzene rings is 1. The number of hydrogen-bond acceptors (Lipinski definition) is 4. The standard InChI is InChI=1S/C26H34N2O2/c1-3-30-24-14-20-9-4-8-19(20)13-21(24)15-28-16-22-10-5-11-23(17-28)26(22,29)25-18(2)7-6-12-27-25/h6-7,12-14,22-23,29H,3-5,8-11,15-17H2,1-2H3/t22-,23-/m0/s1. The summed E-state index contributed by atoms with van der Waals surface area (Å²) in [6, 6.07) is 8.74. The number of fused-ring (bicyclic) bond motifs is 3. The monoisotopic (exact) mass is 406 g/mol. The highest BCUT2D eigenvalue weighted by Crippen LogP contribution is 2.49. The first-order chi connectivity index (χ1) is 14.6. The molecule has 4 heteroatoms. The largest absolute Gasteiger partial charge is 0.494 e. The lowest BCUT2D eigenvalue weighted by Crippen LogP contribution is -2.58. The number of nitrogens with zero attached hydrogens (tertiary/aromatic N) is 2. The molecule has 1 aliphatic heterocycles. The van der Waals surface area contributed by atoms with E-state index < -0.39 is 5.60 Å². The van der Waals surface area contributed by atoms with Crippen LogP contribution in [0.4, 0.5) is 0 Å². The Morgan fingerprint density at radius 1 is 1.13 bits per heavy atom. The van der Waals surface area contributed by atoms with E-state index in [0.29, 0.717) is 6.61 Å². The van der Waals surface area contributed by atoms with E-state index in [1.165, 1.54) is 42.4 Å². The van der Waals surface area contributed by atoms with Crippen LogP contribution in [-0.2, 0) is 25.0 Å². The molecule has 5 rings (SSSR count). The van der Waals surface area contributed by atoms with Crippen molar-refractivity contribution >= 4 is 0 Å². The first-order valence-corrected chi connectivity index (χ1v) is 11.7. The van der Waals surface area contributed by atoms with Crippen molar-refractivity contribution < 1.29 is 9.84 Å². The van der Waals surface area contributed by atoms with Gasteiger partial charge in [-0.15, -0.1) is 0 Å². The zero-order valence-corrected chi connectivity index (χ0v) is 18.4. The SMILES string of the molecule is CCOc1cc2c(cc1CN1C[C@@H]3CCC[C@@H](C1)C3(O)c1ncccc1C)CCC2. The summed E-state index contributed by atoms with van der Waals surface area (Å²) in [5.41, 5.74) is 5.52. The summed E-state index contributed by atoms with van der Waals surface area (Å²) in [4.78, 5) is 7.21. The number of ether oxygens (including phenoxy) is 1. The van der Waals surface area contributed by atoms with Gasteiger partial charge in [0.1, 0.15) is 11.4 Å². The maximum Gasteiger partial charge on any atom is 0.124 e.